The Hall–Kier alpha value is -1.06. The lowest BCUT2D eigenvalue weighted by Crippen LogP contribution is -2.23. The maximum atomic E-state index is 9.19. The normalized spacial score (nSPS) is 12.6. The Labute approximate surface area is 84.4 Å². The van der Waals surface area contributed by atoms with Gasteiger partial charge < -0.3 is 15.5 Å². The van der Waals surface area contributed by atoms with Gasteiger partial charge >= 0.3 is 0 Å². The van der Waals surface area contributed by atoms with E-state index >= 15 is 0 Å². The van der Waals surface area contributed by atoms with E-state index in [1.54, 1.807) is 0 Å². The van der Waals surface area contributed by atoms with Crippen molar-refractivity contribution in [3.63, 3.8) is 0 Å². The summed E-state index contributed by atoms with van der Waals surface area (Å²) in [6.07, 6.45) is -0.700. The number of aryl methyl sites for hydroxylation is 2. The number of hydrogen-bond donors (Lipinski definition) is 3. The molecule has 3 nitrogen and oxygen atoms in total. The highest BCUT2D eigenvalue weighted by atomic mass is 16.3. The summed E-state index contributed by atoms with van der Waals surface area (Å²) >= 11 is 0. The predicted molar refractivity (Wildman–Crippen MR) is 57.5 cm³/mol. The second-order valence-electron chi connectivity index (χ2n) is 3.48. The number of aliphatic hydroxyl groups is 2. The second-order valence-corrected chi connectivity index (χ2v) is 3.48. The van der Waals surface area contributed by atoms with Gasteiger partial charge in [-0.25, -0.2) is 0 Å². The number of hydrogen-bond acceptors (Lipinski definition) is 3. The molecule has 0 saturated heterocycles. The quantitative estimate of drug-likeness (QED) is 0.673. The second kappa shape index (κ2) is 4.98. The van der Waals surface area contributed by atoms with Crippen LogP contribution in [0.2, 0.25) is 0 Å². The summed E-state index contributed by atoms with van der Waals surface area (Å²) in [6, 6.07) is 6.03. The minimum Gasteiger partial charge on any atom is -0.394 e. The van der Waals surface area contributed by atoms with Gasteiger partial charge in [0.05, 0.1) is 12.7 Å². The number of para-hydroxylation sites is 1. The zero-order valence-corrected chi connectivity index (χ0v) is 8.62. The molecule has 0 spiro atoms. The lowest BCUT2D eigenvalue weighted by atomic mass is 10.1. The summed E-state index contributed by atoms with van der Waals surface area (Å²) in [5.74, 6) is 0. The van der Waals surface area contributed by atoms with Gasteiger partial charge in [-0.3, -0.25) is 0 Å². The van der Waals surface area contributed by atoms with Crippen LogP contribution in [0.25, 0.3) is 0 Å². The molecule has 0 radical (unpaired) electrons. The Kier molecular flexibility index (Phi) is 3.92. The Morgan fingerprint density at radius 2 is 1.86 bits per heavy atom. The van der Waals surface area contributed by atoms with E-state index < -0.39 is 6.10 Å². The van der Waals surface area contributed by atoms with Gasteiger partial charge in [-0.1, -0.05) is 18.2 Å². The molecule has 0 amide bonds. The van der Waals surface area contributed by atoms with Crippen molar-refractivity contribution in [2.75, 3.05) is 18.5 Å². The summed E-state index contributed by atoms with van der Waals surface area (Å²) in [4.78, 5) is 0. The molecule has 0 saturated carbocycles. The molecule has 0 heterocycles. The molecule has 1 aromatic rings. The standard InChI is InChI=1S/C11H17NO2/c1-8-4-3-5-9(2)11(8)12-6-10(14)7-13/h3-5,10,12-14H,6-7H2,1-2H3. The molecule has 78 valence electrons. The first-order valence-electron chi connectivity index (χ1n) is 4.74. The Bertz CT molecular complexity index is 279. The van der Waals surface area contributed by atoms with Crippen molar-refractivity contribution in [1.29, 1.82) is 0 Å². The average molecular weight is 195 g/mol. The molecule has 3 heteroatoms. The molecule has 0 aliphatic rings. The van der Waals surface area contributed by atoms with Gasteiger partial charge in [-0.2, -0.15) is 0 Å². The van der Waals surface area contributed by atoms with Crippen molar-refractivity contribution in [3.8, 4) is 0 Å². The van der Waals surface area contributed by atoms with Crippen molar-refractivity contribution < 1.29 is 10.2 Å². The van der Waals surface area contributed by atoms with Gasteiger partial charge in [-0.15, -0.1) is 0 Å². The molecule has 1 atom stereocenters. The molecule has 1 rings (SSSR count). The number of nitrogens with one attached hydrogen (secondary N) is 1. The molecule has 0 fully saturated rings. The summed E-state index contributed by atoms with van der Waals surface area (Å²) in [5, 5.41) is 21.0. The number of aliphatic hydroxyl groups excluding tert-OH is 2. The van der Waals surface area contributed by atoms with Crippen molar-refractivity contribution in [1.82, 2.24) is 0 Å². The van der Waals surface area contributed by atoms with E-state index in [0.717, 1.165) is 16.8 Å². The zero-order valence-electron chi connectivity index (χ0n) is 8.62. The predicted octanol–water partition coefficient (Wildman–Crippen LogP) is 1.07. The molecular formula is C11H17NO2. The fourth-order valence-corrected chi connectivity index (χ4v) is 1.38. The fourth-order valence-electron chi connectivity index (χ4n) is 1.38. The number of rotatable bonds is 4. The van der Waals surface area contributed by atoms with Gasteiger partial charge in [-0.05, 0) is 25.0 Å². The van der Waals surface area contributed by atoms with Crippen LogP contribution in [-0.2, 0) is 0 Å². The first-order chi connectivity index (χ1) is 6.65. The first kappa shape index (κ1) is 11.0. The van der Waals surface area contributed by atoms with Crippen LogP contribution in [0.5, 0.6) is 0 Å². The lowest BCUT2D eigenvalue weighted by Gasteiger charge is -2.14. The van der Waals surface area contributed by atoms with Gasteiger partial charge in [0.15, 0.2) is 0 Å². The Morgan fingerprint density at radius 1 is 1.29 bits per heavy atom. The van der Waals surface area contributed by atoms with E-state index in [-0.39, 0.29) is 6.61 Å². The molecule has 3 N–H and O–H groups in total. The van der Waals surface area contributed by atoms with Gasteiger partial charge in [0.1, 0.15) is 0 Å². The molecule has 0 bridgehead atoms. The monoisotopic (exact) mass is 195 g/mol. The molecular weight excluding hydrogens is 178 g/mol. The molecule has 0 aliphatic carbocycles. The van der Waals surface area contributed by atoms with Crippen molar-refractivity contribution in [3.05, 3.63) is 29.3 Å². The van der Waals surface area contributed by atoms with Crippen molar-refractivity contribution in [2.24, 2.45) is 0 Å². The van der Waals surface area contributed by atoms with Crippen LogP contribution in [-0.4, -0.2) is 29.5 Å². The summed E-state index contributed by atoms with van der Waals surface area (Å²) in [7, 11) is 0. The van der Waals surface area contributed by atoms with E-state index in [1.807, 2.05) is 32.0 Å². The van der Waals surface area contributed by atoms with E-state index in [2.05, 4.69) is 5.32 Å². The third kappa shape index (κ3) is 2.72. The molecule has 0 aromatic heterocycles. The van der Waals surface area contributed by atoms with Crippen molar-refractivity contribution in [2.45, 2.75) is 20.0 Å². The Balaban J connectivity index is 2.66. The van der Waals surface area contributed by atoms with Crippen LogP contribution in [0, 0.1) is 13.8 Å². The molecule has 14 heavy (non-hydrogen) atoms. The number of anilines is 1. The van der Waals surface area contributed by atoms with Gasteiger partial charge in [0.2, 0.25) is 0 Å². The average Bonchev–Trinajstić information content (AvgIpc) is 2.16. The highest BCUT2D eigenvalue weighted by Gasteiger charge is 2.04. The van der Waals surface area contributed by atoms with E-state index in [9.17, 15) is 5.11 Å². The maximum Gasteiger partial charge on any atom is 0.0942 e. The number of benzene rings is 1. The van der Waals surface area contributed by atoms with Gasteiger partial charge in [0.25, 0.3) is 0 Å². The highest BCUT2D eigenvalue weighted by Crippen LogP contribution is 2.18. The van der Waals surface area contributed by atoms with E-state index in [1.165, 1.54) is 0 Å². The topological polar surface area (TPSA) is 52.5 Å². The highest BCUT2D eigenvalue weighted by molar-refractivity contribution is 5.56. The smallest absolute Gasteiger partial charge is 0.0942 e. The third-order valence-corrected chi connectivity index (χ3v) is 2.21. The summed E-state index contributed by atoms with van der Waals surface area (Å²) in [6.45, 7) is 4.20. The van der Waals surface area contributed by atoms with E-state index in [4.69, 9.17) is 5.11 Å². The van der Waals surface area contributed by atoms with Crippen LogP contribution in [0.15, 0.2) is 18.2 Å². The molecule has 0 aliphatic heterocycles. The molecule has 1 aromatic carbocycles. The van der Waals surface area contributed by atoms with Crippen LogP contribution < -0.4 is 5.32 Å². The summed E-state index contributed by atoms with van der Waals surface area (Å²) in [5.41, 5.74) is 3.34. The van der Waals surface area contributed by atoms with Crippen LogP contribution >= 0.6 is 0 Å². The van der Waals surface area contributed by atoms with E-state index in [0.29, 0.717) is 6.54 Å². The SMILES string of the molecule is Cc1cccc(C)c1NCC(O)CO. The lowest BCUT2D eigenvalue weighted by molar-refractivity contribution is 0.105. The third-order valence-electron chi connectivity index (χ3n) is 2.21. The minimum atomic E-state index is -0.700. The summed E-state index contributed by atoms with van der Waals surface area (Å²) < 4.78 is 0. The van der Waals surface area contributed by atoms with Crippen LogP contribution in [0.4, 0.5) is 5.69 Å². The van der Waals surface area contributed by atoms with Crippen LogP contribution in [0.3, 0.4) is 0 Å². The zero-order chi connectivity index (χ0) is 10.6. The largest absolute Gasteiger partial charge is 0.394 e. The Morgan fingerprint density at radius 3 is 2.36 bits per heavy atom. The minimum absolute atomic E-state index is 0.210. The fraction of sp³-hybridized carbons (Fsp3) is 0.455. The maximum absolute atomic E-state index is 9.19. The first-order valence-corrected chi connectivity index (χ1v) is 4.74. The van der Waals surface area contributed by atoms with Gasteiger partial charge in [0, 0.05) is 12.2 Å². The van der Waals surface area contributed by atoms with Crippen LogP contribution in [0.1, 0.15) is 11.1 Å². The van der Waals surface area contributed by atoms with Crippen molar-refractivity contribution >= 4 is 5.69 Å². The molecule has 1 unspecified atom stereocenters.